The topological polar surface area (TPSA) is 41.5 Å². The SMILES string of the molecule is Cc1cccc(OCCNCC(O)CC2CCCC2)c1. The van der Waals surface area contributed by atoms with Crippen LogP contribution in [0.5, 0.6) is 5.75 Å². The van der Waals surface area contributed by atoms with Crippen LogP contribution in [0.3, 0.4) is 0 Å². The van der Waals surface area contributed by atoms with Gasteiger partial charge >= 0.3 is 0 Å². The zero-order valence-electron chi connectivity index (χ0n) is 12.5. The lowest BCUT2D eigenvalue weighted by Gasteiger charge is -2.16. The number of hydrogen-bond donors (Lipinski definition) is 2. The standard InChI is InChI=1S/C17H27NO2/c1-14-5-4-8-17(11-14)20-10-9-18-13-16(19)12-15-6-2-3-7-15/h4-5,8,11,15-16,18-19H,2-3,6-7,9-10,12-13H2,1H3. The number of nitrogens with one attached hydrogen (secondary N) is 1. The molecule has 0 spiro atoms. The summed E-state index contributed by atoms with van der Waals surface area (Å²) in [4.78, 5) is 0. The molecule has 1 aliphatic carbocycles. The third-order valence-electron chi connectivity index (χ3n) is 4.00. The Labute approximate surface area is 122 Å². The molecule has 1 aromatic rings. The van der Waals surface area contributed by atoms with Crippen LogP contribution in [0.15, 0.2) is 24.3 Å². The van der Waals surface area contributed by atoms with E-state index >= 15 is 0 Å². The van der Waals surface area contributed by atoms with Crippen LogP contribution >= 0.6 is 0 Å². The fourth-order valence-corrected chi connectivity index (χ4v) is 2.93. The van der Waals surface area contributed by atoms with Gasteiger partial charge in [0.2, 0.25) is 0 Å². The highest BCUT2D eigenvalue weighted by Crippen LogP contribution is 2.28. The summed E-state index contributed by atoms with van der Waals surface area (Å²) < 4.78 is 5.66. The molecule has 2 N–H and O–H groups in total. The smallest absolute Gasteiger partial charge is 0.119 e. The lowest BCUT2D eigenvalue weighted by atomic mass is 10.0. The molecule has 0 bridgehead atoms. The van der Waals surface area contributed by atoms with Crippen LogP contribution in [0.25, 0.3) is 0 Å². The molecule has 0 aromatic heterocycles. The summed E-state index contributed by atoms with van der Waals surface area (Å²) in [5.74, 6) is 1.66. The molecule has 20 heavy (non-hydrogen) atoms. The molecule has 0 aliphatic heterocycles. The number of ether oxygens (including phenoxy) is 1. The lowest BCUT2D eigenvalue weighted by Crippen LogP contribution is -2.31. The number of hydrogen-bond acceptors (Lipinski definition) is 3. The monoisotopic (exact) mass is 277 g/mol. The van der Waals surface area contributed by atoms with Crippen LogP contribution in [0.2, 0.25) is 0 Å². The highest BCUT2D eigenvalue weighted by atomic mass is 16.5. The van der Waals surface area contributed by atoms with Crippen LogP contribution < -0.4 is 10.1 Å². The Morgan fingerprint density at radius 3 is 2.90 bits per heavy atom. The molecule has 1 aromatic carbocycles. The Kier molecular flexibility index (Phi) is 6.34. The van der Waals surface area contributed by atoms with Crippen LogP contribution in [0.4, 0.5) is 0 Å². The molecule has 1 aliphatic rings. The molecule has 2 rings (SSSR count). The predicted octanol–water partition coefficient (Wildman–Crippen LogP) is 2.90. The molecule has 3 heteroatoms. The van der Waals surface area contributed by atoms with E-state index in [0.717, 1.165) is 24.6 Å². The summed E-state index contributed by atoms with van der Waals surface area (Å²) in [6.07, 6.45) is 6.02. The number of aliphatic hydroxyl groups excluding tert-OH is 1. The zero-order valence-corrected chi connectivity index (χ0v) is 12.5. The third-order valence-corrected chi connectivity index (χ3v) is 4.00. The molecule has 0 saturated heterocycles. The quantitative estimate of drug-likeness (QED) is 0.718. The fourth-order valence-electron chi connectivity index (χ4n) is 2.93. The van der Waals surface area contributed by atoms with Crippen molar-refractivity contribution in [3.05, 3.63) is 29.8 Å². The van der Waals surface area contributed by atoms with E-state index in [1.54, 1.807) is 0 Å². The first-order valence-electron chi connectivity index (χ1n) is 7.82. The van der Waals surface area contributed by atoms with E-state index in [0.29, 0.717) is 13.2 Å². The first kappa shape index (κ1) is 15.3. The molecule has 0 radical (unpaired) electrons. The van der Waals surface area contributed by atoms with Gasteiger partial charge in [-0.3, -0.25) is 0 Å². The van der Waals surface area contributed by atoms with Gasteiger partial charge in [0.1, 0.15) is 12.4 Å². The average molecular weight is 277 g/mol. The molecule has 1 atom stereocenters. The Hall–Kier alpha value is -1.06. The maximum Gasteiger partial charge on any atom is 0.119 e. The normalized spacial score (nSPS) is 17.3. The van der Waals surface area contributed by atoms with Crippen molar-refractivity contribution in [2.24, 2.45) is 5.92 Å². The summed E-state index contributed by atoms with van der Waals surface area (Å²) in [6, 6.07) is 8.07. The fraction of sp³-hybridized carbons (Fsp3) is 0.647. The van der Waals surface area contributed by atoms with Crippen LogP contribution in [-0.4, -0.2) is 30.9 Å². The molecular formula is C17H27NO2. The van der Waals surface area contributed by atoms with E-state index < -0.39 is 0 Å². The molecule has 0 heterocycles. The first-order valence-corrected chi connectivity index (χ1v) is 7.82. The highest BCUT2D eigenvalue weighted by Gasteiger charge is 2.18. The van der Waals surface area contributed by atoms with Crippen molar-refractivity contribution in [3.8, 4) is 5.75 Å². The van der Waals surface area contributed by atoms with Gasteiger partial charge in [0.15, 0.2) is 0 Å². The molecule has 1 saturated carbocycles. The first-order chi connectivity index (χ1) is 9.74. The number of benzene rings is 1. The Bertz CT molecular complexity index is 388. The van der Waals surface area contributed by atoms with Crippen LogP contribution in [-0.2, 0) is 0 Å². The highest BCUT2D eigenvalue weighted by molar-refractivity contribution is 5.27. The molecule has 3 nitrogen and oxygen atoms in total. The molecular weight excluding hydrogens is 250 g/mol. The number of rotatable bonds is 8. The van der Waals surface area contributed by atoms with Gasteiger partial charge < -0.3 is 15.2 Å². The summed E-state index contributed by atoms with van der Waals surface area (Å²) in [5, 5.41) is 13.2. The zero-order chi connectivity index (χ0) is 14.2. The van der Waals surface area contributed by atoms with Crippen LogP contribution in [0.1, 0.15) is 37.7 Å². The molecule has 112 valence electrons. The third kappa shape index (κ3) is 5.51. The molecule has 0 amide bonds. The summed E-state index contributed by atoms with van der Waals surface area (Å²) in [5.41, 5.74) is 1.21. The second-order valence-electron chi connectivity index (χ2n) is 5.91. The van der Waals surface area contributed by atoms with Gasteiger partial charge in [-0.2, -0.15) is 0 Å². The Morgan fingerprint density at radius 1 is 1.35 bits per heavy atom. The van der Waals surface area contributed by atoms with Gasteiger partial charge in [-0.1, -0.05) is 37.8 Å². The molecule has 1 fully saturated rings. The minimum atomic E-state index is -0.211. The van der Waals surface area contributed by atoms with Gasteiger partial charge in [0.05, 0.1) is 6.10 Å². The number of aryl methyl sites for hydroxylation is 1. The maximum atomic E-state index is 9.96. The van der Waals surface area contributed by atoms with E-state index in [4.69, 9.17) is 4.74 Å². The van der Waals surface area contributed by atoms with Crippen molar-refractivity contribution in [1.82, 2.24) is 5.32 Å². The van der Waals surface area contributed by atoms with Crippen molar-refractivity contribution in [2.75, 3.05) is 19.7 Å². The summed E-state index contributed by atoms with van der Waals surface area (Å²) >= 11 is 0. The van der Waals surface area contributed by atoms with Crippen molar-refractivity contribution in [2.45, 2.75) is 45.1 Å². The Balaban J connectivity index is 1.52. The summed E-state index contributed by atoms with van der Waals surface area (Å²) in [6.45, 7) is 4.15. The second kappa shape index (κ2) is 8.28. The van der Waals surface area contributed by atoms with E-state index in [2.05, 4.69) is 18.3 Å². The maximum absolute atomic E-state index is 9.96. The van der Waals surface area contributed by atoms with Gasteiger partial charge in [-0.15, -0.1) is 0 Å². The van der Waals surface area contributed by atoms with E-state index in [1.807, 2.05) is 18.2 Å². The minimum absolute atomic E-state index is 0.211. The lowest BCUT2D eigenvalue weighted by molar-refractivity contribution is 0.139. The molecule has 1 unspecified atom stereocenters. The predicted molar refractivity (Wildman–Crippen MR) is 82.1 cm³/mol. The van der Waals surface area contributed by atoms with Gasteiger partial charge in [0, 0.05) is 13.1 Å². The van der Waals surface area contributed by atoms with E-state index in [-0.39, 0.29) is 6.10 Å². The largest absolute Gasteiger partial charge is 0.492 e. The van der Waals surface area contributed by atoms with Gasteiger partial charge in [0.25, 0.3) is 0 Å². The summed E-state index contributed by atoms with van der Waals surface area (Å²) in [7, 11) is 0. The Morgan fingerprint density at radius 2 is 2.15 bits per heavy atom. The van der Waals surface area contributed by atoms with Gasteiger partial charge in [-0.05, 0) is 37.0 Å². The van der Waals surface area contributed by atoms with E-state index in [1.165, 1.54) is 31.2 Å². The van der Waals surface area contributed by atoms with Crippen molar-refractivity contribution in [3.63, 3.8) is 0 Å². The average Bonchev–Trinajstić information content (AvgIpc) is 2.91. The van der Waals surface area contributed by atoms with Gasteiger partial charge in [-0.25, -0.2) is 0 Å². The van der Waals surface area contributed by atoms with E-state index in [9.17, 15) is 5.11 Å². The number of aliphatic hydroxyl groups is 1. The van der Waals surface area contributed by atoms with Crippen LogP contribution in [0, 0.1) is 12.8 Å². The van der Waals surface area contributed by atoms with Crippen molar-refractivity contribution >= 4 is 0 Å². The van der Waals surface area contributed by atoms with Crippen molar-refractivity contribution in [1.29, 1.82) is 0 Å². The minimum Gasteiger partial charge on any atom is -0.492 e. The van der Waals surface area contributed by atoms with Crippen molar-refractivity contribution < 1.29 is 9.84 Å². The second-order valence-corrected chi connectivity index (χ2v) is 5.91.